The molecule has 2 rings (SSSR count). The van der Waals surface area contributed by atoms with E-state index in [9.17, 15) is 24.5 Å². The largest absolute Gasteiger partial charge is 0.462 e. The lowest BCUT2D eigenvalue weighted by molar-refractivity contribution is -0.385. The summed E-state index contributed by atoms with van der Waals surface area (Å²) in [6, 6.07) is 5.89. The van der Waals surface area contributed by atoms with Crippen LogP contribution >= 0.6 is 11.3 Å². The van der Waals surface area contributed by atoms with Gasteiger partial charge in [-0.1, -0.05) is 18.2 Å². The summed E-state index contributed by atoms with van der Waals surface area (Å²) in [6.45, 7) is 6.71. The van der Waals surface area contributed by atoms with Crippen molar-refractivity contribution in [1.82, 2.24) is 0 Å². The molecular weight excluding hydrogens is 412 g/mol. The van der Waals surface area contributed by atoms with E-state index in [1.165, 1.54) is 18.2 Å². The molecule has 0 spiro atoms. The van der Waals surface area contributed by atoms with Crippen LogP contribution in [0.3, 0.4) is 0 Å². The normalized spacial score (nSPS) is 10.6. The number of amides is 1. The molecule has 0 saturated carbocycles. The summed E-state index contributed by atoms with van der Waals surface area (Å²) in [5.74, 6) is -1.87. The minimum absolute atomic E-state index is 0.0634. The second kappa shape index (κ2) is 9.97. The molecule has 9 nitrogen and oxygen atoms in total. The van der Waals surface area contributed by atoms with Crippen LogP contribution in [-0.4, -0.2) is 35.5 Å². The number of hydrogen-bond donors (Lipinski definition) is 1. The molecule has 0 atom stereocenters. The number of para-hydroxylation sites is 1. The van der Waals surface area contributed by atoms with E-state index in [1.807, 2.05) is 0 Å². The Hall–Kier alpha value is -3.27. The van der Waals surface area contributed by atoms with Crippen molar-refractivity contribution in [2.75, 3.05) is 11.9 Å². The predicted octanol–water partition coefficient (Wildman–Crippen LogP) is 3.89. The summed E-state index contributed by atoms with van der Waals surface area (Å²) < 4.78 is 10.2. The minimum Gasteiger partial charge on any atom is -0.462 e. The first-order chi connectivity index (χ1) is 14.1. The first kappa shape index (κ1) is 23.0. The Kier molecular flexibility index (Phi) is 7.65. The van der Waals surface area contributed by atoms with Gasteiger partial charge >= 0.3 is 11.9 Å². The van der Waals surface area contributed by atoms with Gasteiger partial charge in [0.25, 0.3) is 5.69 Å². The molecule has 1 aromatic heterocycles. The minimum atomic E-state index is -0.684. The highest BCUT2D eigenvalue weighted by Crippen LogP contribution is 2.34. The highest BCUT2D eigenvalue weighted by molar-refractivity contribution is 7.18. The molecule has 0 aliphatic heterocycles. The van der Waals surface area contributed by atoms with Gasteiger partial charge in [0.1, 0.15) is 9.88 Å². The highest BCUT2D eigenvalue weighted by Gasteiger charge is 2.28. The first-order valence-electron chi connectivity index (χ1n) is 9.19. The maximum absolute atomic E-state index is 12.6. The van der Waals surface area contributed by atoms with Gasteiger partial charge in [-0.2, -0.15) is 0 Å². The SMILES string of the molecule is CCOC(=O)c1c(NC(=O)Cc2ccccc2[N+](=O)[O-])sc(C(=O)OC(C)C)c1C. The van der Waals surface area contributed by atoms with Gasteiger partial charge in [0.2, 0.25) is 5.91 Å². The lowest BCUT2D eigenvalue weighted by Crippen LogP contribution is -2.17. The summed E-state index contributed by atoms with van der Waals surface area (Å²) in [5, 5.41) is 13.9. The zero-order chi connectivity index (χ0) is 22.4. The van der Waals surface area contributed by atoms with Crippen molar-refractivity contribution in [3.8, 4) is 0 Å². The smallest absolute Gasteiger partial charge is 0.348 e. The Bertz CT molecular complexity index is 982. The molecule has 0 saturated heterocycles. The number of hydrogen-bond acceptors (Lipinski definition) is 8. The molecule has 1 N–H and O–H groups in total. The number of nitro benzene ring substituents is 1. The number of nitro groups is 1. The molecule has 2 aromatic rings. The summed E-state index contributed by atoms with van der Waals surface area (Å²) in [4.78, 5) is 48.1. The van der Waals surface area contributed by atoms with E-state index in [1.54, 1.807) is 33.8 Å². The maximum Gasteiger partial charge on any atom is 0.348 e. The van der Waals surface area contributed by atoms with Gasteiger partial charge < -0.3 is 14.8 Å². The molecule has 160 valence electrons. The zero-order valence-electron chi connectivity index (χ0n) is 17.0. The second-order valence-electron chi connectivity index (χ2n) is 6.55. The monoisotopic (exact) mass is 434 g/mol. The average Bonchev–Trinajstić information content (AvgIpc) is 2.97. The van der Waals surface area contributed by atoms with Crippen molar-refractivity contribution in [3.63, 3.8) is 0 Å². The number of ether oxygens (including phenoxy) is 2. The van der Waals surface area contributed by atoms with Gasteiger partial charge in [-0.15, -0.1) is 11.3 Å². The third-order valence-corrected chi connectivity index (χ3v) is 5.13. The molecule has 0 unspecified atom stereocenters. The van der Waals surface area contributed by atoms with Gasteiger partial charge in [-0.3, -0.25) is 14.9 Å². The van der Waals surface area contributed by atoms with Crippen LogP contribution in [0, 0.1) is 17.0 Å². The fourth-order valence-corrected chi connectivity index (χ4v) is 3.79. The number of nitrogens with one attached hydrogen (secondary N) is 1. The van der Waals surface area contributed by atoms with Gasteiger partial charge in [0.05, 0.1) is 29.6 Å². The number of thiophene rings is 1. The molecule has 1 heterocycles. The molecule has 0 aliphatic rings. The standard InChI is InChI=1S/C20H22N2O7S/c1-5-28-19(24)16-12(4)17(20(25)29-11(2)3)30-18(16)21-15(23)10-13-8-6-7-9-14(13)22(26)27/h6-9,11H,5,10H2,1-4H3,(H,21,23). The first-order valence-corrected chi connectivity index (χ1v) is 10.0. The van der Waals surface area contributed by atoms with Crippen LogP contribution in [0.15, 0.2) is 24.3 Å². The van der Waals surface area contributed by atoms with Crippen molar-refractivity contribution < 1.29 is 28.8 Å². The summed E-state index contributed by atoms with van der Waals surface area (Å²) in [6.07, 6.45) is -0.635. The molecule has 0 aliphatic carbocycles. The molecule has 0 radical (unpaired) electrons. The van der Waals surface area contributed by atoms with Crippen LogP contribution in [0.5, 0.6) is 0 Å². The number of esters is 2. The number of nitrogens with zero attached hydrogens (tertiary/aromatic N) is 1. The Morgan fingerprint density at radius 3 is 2.47 bits per heavy atom. The maximum atomic E-state index is 12.6. The van der Waals surface area contributed by atoms with Gasteiger partial charge in [0.15, 0.2) is 0 Å². The molecule has 30 heavy (non-hydrogen) atoms. The van der Waals surface area contributed by atoms with E-state index >= 15 is 0 Å². The van der Waals surface area contributed by atoms with Gasteiger partial charge in [-0.05, 0) is 33.3 Å². The van der Waals surface area contributed by atoms with E-state index in [2.05, 4.69) is 5.32 Å². The molecule has 10 heteroatoms. The number of rotatable bonds is 8. The molecule has 1 amide bonds. The molecule has 0 bridgehead atoms. The average molecular weight is 434 g/mol. The summed E-state index contributed by atoms with van der Waals surface area (Å²) in [5.41, 5.74) is 0.450. The van der Waals surface area contributed by atoms with E-state index in [0.717, 1.165) is 11.3 Å². The predicted molar refractivity (Wildman–Crippen MR) is 111 cm³/mol. The molecule has 1 aromatic carbocycles. The fourth-order valence-electron chi connectivity index (χ4n) is 2.70. The van der Waals surface area contributed by atoms with Crippen molar-refractivity contribution in [2.45, 2.75) is 40.2 Å². The van der Waals surface area contributed by atoms with Crippen LogP contribution in [-0.2, 0) is 20.7 Å². The Morgan fingerprint density at radius 2 is 1.87 bits per heavy atom. The molecular formula is C20H22N2O7S. The lowest BCUT2D eigenvalue weighted by atomic mass is 10.1. The second-order valence-corrected chi connectivity index (χ2v) is 7.57. The third kappa shape index (κ3) is 5.41. The number of anilines is 1. The van der Waals surface area contributed by atoms with Crippen molar-refractivity contribution in [1.29, 1.82) is 0 Å². The van der Waals surface area contributed by atoms with Crippen LogP contribution in [0.2, 0.25) is 0 Å². The van der Waals surface area contributed by atoms with Crippen molar-refractivity contribution in [3.05, 3.63) is 55.9 Å². The summed E-state index contributed by atoms with van der Waals surface area (Å²) >= 11 is 0.899. The van der Waals surface area contributed by atoms with Crippen LogP contribution in [0.25, 0.3) is 0 Å². The Labute approximate surface area is 177 Å². The number of carbonyl (C=O) groups excluding carboxylic acids is 3. The third-order valence-electron chi connectivity index (χ3n) is 3.95. The van der Waals surface area contributed by atoms with E-state index in [4.69, 9.17) is 9.47 Å². The highest BCUT2D eigenvalue weighted by atomic mass is 32.1. The number of carbonyl (C=O) groups is 3. The van der Waals surface area contributed by atoms with Crippen LogP contribution in [0.1, 0.15) is 51.9 Å². The van der Waals surface area contributed by atoms with E-state index in [-0.39, 0.29) is 45.8 Å². The van der Waals surface area contributed by atoms with Crippen molar-refractivity contribution >= 4 is 39.9 Å². The molecule has 0 fully saturated rings. The van der Waals surface area contributed by atoms with Crippen LogP contribution < -0.4 is 5.32 Å². The van der Waals surface area contributed by atoms with Crippen LogP contribution in [0.4, 0.5) is 10.7 Å². The quantitative estimate of drug-likeness (QED) is 0.379. The topological polar surface area (TPSA) is 125 Å². The Balaban J connectivity index is 2.35. The van der Waals surface area contributed by atoms with Gasteiger partial charge in [-0.25, -0.2) is 9.59 Å². The number of benzene rings is 1. The summed E-state index contributed by atoms with van der Waals surface area (Å²) in [7, 11) is 0. The van der Waals surface area contributed by atoms with E-state index < -0.39 is 22.8 Å². The fraction of sp³-hybridized carbons (Fsp3) is 0.350. The lowest BCUT2D eigenvalue weighted by Gasteiger charge is -2.07. The zero-order valence-corrected chi connectivity index (χ0v) is 17.8. The Morgan fingerprint density at radius 1 is 1.20 bits per heavy atom. The van der Waals surface area contributed by atoms with Crippen molar-refractivity contribution in [2.24, 2.45) is 0 Å². The van der Waals surface area contributed by atoms with Gasteiger partial charge in [0, 0.05) is 11.6 Å². The van der Waals surface area contributed by atoms with E-state index in [0.29, 0.717) is 5.56 Å².